The predicted molar refractivity (Wildman–Crippen MR) is 127 cm³/mol. The lowest BCUT2D eigenvalue weighted by Crippen LogP contribution is -2.37. The van der Waals surface area contributed by atoms with Gasteiger partial charge in [0.2, 0.25) is 5.91 Å². The SMILES string of the molecule is CN(C(=O)/C1=C/c2cccc(c2)CCCc2cc(C(F)(F)F)nn2CC(=O)N1)c1ccc(Cl)cc1. The number of amides is 2. The number of carbonyl (C=O) groups excluding carboxylic acids is 2. The summed E-state index contributed by atoms with van der Waals surface area (Å²) in [4.78, 5) is 27.5. The molecule has 1 aromatic heterocycles. The molecule has 0 saturated carbocycles. The Morgan fingerprint density at radius 2 is 1.86 bits per heavy atom. The Kier molecular flexibility index (Phi) is 6.98. The molecule has 1 aliphatic heterocycles. The first-order valence-corrected chi connectivity index (χ1v) is 11.3. The molecule has 0 spiro atoms. The molecule has 1 aliphatic rings. The second-order valence-electron chi connectivity index (χ2n) is 8.22. The van der Waals surface area contributed by atoms with Gasteiger partial charge in [-0.1, -0.05) is 35.9 Å². The number of carbonyl (C=O) groups is 2. The molecule has 2 bridgehead atoms. The topological polar surface area (TPSA) is 67.2 Å². The van der Waals surface area contributed by atoms with Crippen LogP contribution in [0.4, 0.5) is 18.9 Å². The first-order valence-electron chi connectivity index (χ1n) is 10.9. The van der Waals surface area contributed by atoms with E-state index in [0.29, 0.717) is 41.2 Å². The zero-order chi connectivity index (χ0) is 25.2. The van der Waals surface area contributed by atoms with E-state index in [1.54, 1.807) is 37.4 Å². The van der Waals surface area contributed by atoms with E-state index in [0.717, 1.165) is 16.3 Å². The van der Waals surface area contributed by atoms with Crippen LogP contribution in [-0.4, -0.2) is 28.6 Å². The van der Waals surface area contributed by atoms with Gasteiger partial charge in [-0.25, -0.2) is 0 Å². The highest BCUT2D eigenvalue weighted by molar-refractivity contribution is 6.30. The van der Waals surface area contributed by atoms with Crippen LogP contribution in [0.2, 0.25) is 5.02 Å². The number of likely N-dealkylation sites (N-methyl/N-ethyl adjacent to an activating group) is 1. The number of benzene rings is 2. The monoisotopic (exact) mass is 502 g/mol. The molecular formula is C25H22ClF3N4O2. The summed E-state index contributed by atoms with van der Waals surface area (Å²) >= 11 is 5.94. The van der Waals surface area contributed by atoms with Crippen molar-refractivity contribution in [2.75, 3.05) is 11.9 Å². The van der Waals surface area contributed by atoms with Crippen molar-refractivity contribution in [3.05, 3.63) is 87.8 Å². The fourth-order valence-electron chi connectivity index (χ4n) is 3.85. The number of rotatable bonds is 2. The fraction of sp³-hybridized carbons (Fsp3) is 0.240. The summed E-state index contributed by atoms with van der Waals surface area (Å²) in [5.41, 5.74) is 1.46. The van der Waals surface area contributed by atoms with Crippen LogP contribution < -0.4 is 10.2 Å². The van der Waals surface area contributed by atoms with Crippen molar-refractivity contribution >= 4 is 35.2 Å². The quantitative estimate of drug-likeness (QED) is 0.544. The molecule has 2 heterocycles. The molecule has 10 heteroatoms. The molecule has 3 aromatic rings. The van der Waals surface area contributed by atoms with Crippen molar-refractivity contribution < 1.29 is 22.8 Å². The Balaban J connectivity index is 1.70. The van der Waals surface area contributed by atoms with Gasteiger partial charge in [0.25, 0.3) is 5.91 Å². The number of aryl methyl sites for hydroxylation is 2. The second-order valence-corrected chi connectivity index (χ2v) is 8.66. The van der Waals surface area contributed by atoms with Crippen LogP contribution in [-0.2, 0) is 35.2 Å². The van der Waals surface area contributed by atoms with E-state index in [9.17, 15) is 22.8 Å². The standard InChI is InChI=1S/C25H22ClF3N4O2/c1-32(19-10-8-18(26)9-11-19)24(35)21-13-17-6-2-4-16(12-17)5-3-7-20-14-22(25(27,28)29)31-33(20)15-23(34)30-21/h2,4,6,8-14H,3,5,7,15H2,1H3,(H,30,34)/b21-13-. The lowest BCUT2D eigenvalue weighted by molar-refractivity contribution is -0.141. The Labute approximate surface area is 205 Å². The van der Waals surface area contributed by atoms with Gasteiger partial charge in [-0.15, -0.1) is 0 Å². The van der Waals surface area contributed by atoms with Crippen LogP contribution in [0, 0.1) is 0 Å². The summed E-state index contributed by atoms with van der Waals surface area (Å²) in [5, 5.41) is 6.70. The van der Waals surface area contributed by atoms with Gasteiger partial charge in [-0.05, 0) is 66.8 Å². The average Bonchev–Trinajstić information content (AvgIpc) is 3.21. The van der Waals surface area contributed by atoms with Gasteiger partial charge >= 0.3 is 6.18 Å². The third-order valence-electron chi connectivity index (χ3n) is 5.63. The third-order valence-corrected chi connectivity index (χ3v) is 5.88. The van der Waals surface area contributed by atoms with Crippen molar-refractivity contribution in [3.63, 3.8) is 0 Å². The van der Waals surface area contributed by atoms with Crippen molar-refractivity contribution in [2.45, 2.75) is 32.0 Å². The molecule has 182 valence electrons. The number of aromatic nitrogens is 2. The minimum absolute atomic E-state index is 0.0198. The molecule has 0 saturated heterocycles. The molecule has 6 nitrogen and oxygen atoms in total. The van der Waals surface area contributed by atoms with E-state index < -0.39 is 30.2 Å². The smallest absolute Gasteiger partial charge is 0.320 e. The minimum atomic E-state index is -4.63. The summed E-state index contributed by atoms with van der Waals surface area (Å²) in [6.07, 6.45) is -1.57. The van der Waals surface area contributed by atoms with Crippen LogP contribution in [0.1, 0.15) is 28.9 Å². The van der Waals surface area contributed by atoms with E-state index in [1.807, 2.05) is 24.3 Å². The van der Waals surface area contributed by atoms with Crippen LogP contribution in [0.15, 0.2) is 60.3 Å². The van der Waals surface area contributed by atoms with Gasteiger partial charge in [-0.2, -0.15) is 18.3 Å². The Morgan fingerprint density at radius 3 is 2.57 bits per heavy atom. The molecule has 35 heavy (non-hydrogen) atoms. The highest BCUT2D eigenvalue weighted by Gasteiger charge is 2.35. The number of anilines is 1. The summed E-state index contributed by atoms with van der Waals surface area (Å²) in [6.45, 7) is -0.460. The maximum Gasteiger partial charge on any atom is 0.435 e. The Morgan fingerprint density at radius 1 is 1.11 bits per heavy atom. The molecule has 1 N–H and O–H groups in total. The zero-order valence-corrected chi connectivity index (χ0v) is 19.5. The van der Waals surface area contributed by atoms with Gasteiger partial charge in [0.1, 0.15) is 12.2 Å². The fourth-order valence-corrected chi connectivity index (χ4v) is 3.98. The maximum atomic E-state index is 13.3. The van der Waals surface area contributed by atoms with E-state index in [2.05, 4.69) is 10.4 Å². The second kappa shape index (κ2) is 9.95. The number of alkyl halides is 3. The van der Waals surface area contributed by atoms with Crippen LogP contribution in [0.3, 0.4) is 0 Å². The zero-order valence-electron chi connectivity index (χ0n) is 18.8. The largest absolute Gasteiger partial charge is 0.435 e. The van der Waals surface area contributed by atoms with E-state index >= 15 is 0 Å². The van der Waals surface area contributed by atoms with Crippen molar-refractivity contribution in [1.29, 1.82) is 0 Å². The van der Waals surface area contributed by atoms with Gasteiger partial charge in [-0.3, -0.25) is 14.3 Å². The number of nitrogens with one attached hydrogen (secondary N) is 1. The lowest BCUT2D eigenvalue weighted by atomic mass is 10.0. The first-order chi connectivity index (χ1) is 16.6. The van der Waals surface area contributed by atoms with Gasteiger partial charge in [0, 0.05) is 23.5 Å². The molecule has 0 atom stereocenters. The van der Waals surface area contributed by atoms with Crippen LogP contribution in [0.5, 0.6) is 0 Å². The number of hydrogen-bond acceptors (Lipinski definition) is 3. The number of hydrogen-bond donors (Lipinski definition) is 1. The Hall–Kier alpha value is -3.59. The molecular weight excluding hydrogens is 481 g/mol. The van der Waals surface area contributed by atoms with Crippen LogP contribution in [0.25, 0.3) is 6.08 Å². The summed E-state index contributed by atoms with van der Waals surface area (Å²) in [6, 6.07) is 15.0. The summed E-state index contributed by atoms with van der Waals surface area (Å²) in [7, 11) is 1.55. The molecule has 0 radical (unpaired) electrons. The molecule has 0 aliphatic carbocycles. The summed E-state index contributed by atoms with van der Waals surface area (Å²) in [5.74, 6) is -1.17. The van der Waals surface area contributed by atoms with Crippen molar-refractivity contribution in [2.24, 2.45) is 0 Å². The molecule has 0 unspecified atom stereocenters. The lowest BCUT2D eigenvalue weighted by Gasteiger charge is -2.20. The average molecular weight is 503 g/mol. The van der Waals surface area contributed by atoms with Crippen molar-refractivity contribution in [3.8, 4) is 0 Å². The maximum absolute atomic E-state index is 13.3. The first kappa shape index (κ1) is 24.5. The van der Waals surface area contributed by atoms with E-state index in [4.69, 9.17) is 11.6 Å². The number of fused-ring (bicyclic) bond motifs is 3. The van der Waals surface area contributed by atoms with Gasteiger partial charge < -0.3 is 10.2 Å². The van der Waals surface area contributed by atoms with E-state index in [1.165, 1.54) is 4.90 Å². The van der Waals surface area contributed by atoms with Gasteiger partial charge in [0.05, 0.1) is 0 Å². The molecule has 4 rings (SSSR count). The third kappa shape index (κ3) is 5.92. The molecule has 2 amide bonds. The molecule has 0 fully saturated rings. The van der Waals surface area contributed by atoms with Gasteiger partial charge in [0.15, 0.2) is 5.69 Å². The highest BCUT2D eigenvalue weighted by atomic mass is 35.5. The number of halogens is 4. The Bertz CT molecular complexity index is 1280. The molecule has 2 aromatic carbocycles. The summed E-state index contributed by atoms with van der Waals surface area (Å²) < 4.78 is 40.8. The highest BCUT2D eigenvalue weighted by Crippen LogP contribution is 2.29. The van der Waals surface area contributed by atoms with Crippen molar-refractivity contribution in [1.82, 2.24) is 15.1 Å². The van der Waals surface area contributed by atoms with Crippen LogP contribution >= 0.6 is 11.6 Å². The normalized spacial score (nSPS) is 16.0. The number of nitrogens with zero attached hydrogens (tertiary/aromatic N) is 3. The van der Waals surface area contributed by atoms with E-state index in [-0.39, 0.29) is 5.70 Å². The minimum Gasteiger partial charge on any atom is -0.320 e. The predicted octanol–water partition coefficient (Wildman–Crippen LogP) is 4.86.